The number of nitrogens with zero attached hydrogens (tertiary/aromatic N) is 4. The van der Waals surface area contributed by atoms with Crippen molar-refractivity contribution in [1.82, 2.24) is 19.6 Å². The van der Waals surface area contributed by atoms with Gasteiger partial charge >= 0.3 is 0 Å². The van der Waals surface area contributed by atoms with Crippen molar-refractivity contribution in [2.45, 2.75) is 33.7 Å². The number of hydrogen-bond donors (Lipinski definition) is 2. The molecule has 6 nitrogen and oxygen atoms in total. The van der Waals surface area contributed by atoms with Crippen LogP contribution < -0.4 is 0 Å². The first-order chi connectivity index (χ1) is 8.13. The first kappa shape index (κ1) is 11.8. The van der Waals surface area contributed by atoms with Crippen LogP contribution in [0.3, 0.4) is 0 Å². The molecule has 0 aliphatic rings. The Balaban J connectivity index is 2.24. The molecule has 0 fully saturated rings. The average molecular weight is 236 g/mol. The quantitative estimate of drug-likeness (QED) is 0.794. The molecule has 0 bridgehead atoms. The molecule has 0 unspecified atom stereocenters. The zero-order valence-corrected chi connectivity index (χ0v) is 9.96. The van der Waals surface area contributed by atoms with Gasteiger partial charge in [0.1, 0.15) is 6.67 Å². The fraction of sp³-hybridized carbons (Fsp3) is 0.455. The zero-order valence-electron chi connectivity index (χ0n) is 9.96. The molecule has 92 valence electrons. The van der Waals surface area contributed by atoms with Gasteiger partial charge in [0.05, 0.1) is 24.6 Å². The number of aromatic nitrogens is 4. The van der Waals surface area contributed by atoms with E-state index in [0.29, 0.717) is 18.1 Å². The fourth-order valence-electron chi connectivity index (χ4n) is 1.72. The van der Waals surface area contributed by atoms with Crippen LogP contribution in [0.4, 0.5) is 0 Å². The Kier molecular flexibility index (Phi) is 3.26. The maximum absolute atomic E-state index is 9.01. The smallest absolute Gasteiger partial charge is 0.133 e. The standard InChI is InChI=1S/C11H16N4O2/c1-8-3-10(5-16)12-14(8)7-15-9(2)4-11(6-17)13-15/h3-4,16-17H,5-7H2,1-2H3. The van der Waals surface area contributed by atoms with Crippen molar-refractivity contribution in [2.75, 3.05) is 0 Å². The predicted octanol–water partition coefficient (Wildman–Crippen LogP) is 0.187. The summed E-state index contributed by atoms with van der Waals surface area (Å²) in [5, 5.41) is 26.5. The number of aliphatic hydroxyl groups is 2. The van der Waals surface area contributed by atoms with Gasteiger partial charge in [-0.25, -0.2) is 9.36 Å². The molecule has 2 aromatic rings. The van der Waals surface area contributed by atoms with Gasteiger partial charge in [-0.2, -0.15) is 10.2 Å². The molecule has 0 saturated heterocycles. The molecule has 0 aliphatic heterocycles. The van der Waals surface area contributed by atoms with E-state index in [2.05, 4.69) is 10.2 Å². The molecule has 6 heteroatoms. The summed E-state index contributed by atoms with van der Waals surface area (Å²) in [6.07, 6.45) is 0. The van der Waals surface area contributed by atoms with E-state index in [1.54, 1.807) is 9.36 Å². The van der Waals surface area contributed by atoms with E-state index in [9.17, 15) is 0 Å². The van der Waals surface area contributed by atoms with Crippen LogP contribution in [-0.4, -0.2) is 29.8 Å². The minimum absolute atomic E-state index is 0.0617. The van der Waals surface area contributed by atoms with Crippen LogP contribution in [0.2, 0.25) is 0 Å². The normalized spacial score (nSPS) is 11.1. The lowest BCUT2D eigenvalue weighted by Gasteiger charge is -2.06. The van der Waals surface area contributed by atoms with Crippen LogP contribution in [-0.2, 0) is 19.9 Å². The summed E-state index contributed by atoms with van der Waals surface area (Å²) in [6, 6.07) is 3.68. The lowest BCUT2D eigenvalue weighted by atomic mass is 10.4. The van der Waals surface area contributed by atoms with Gasteiger partial charge in [0.2, 0.25) is 0 Å². The van der Waals surface area contributed by atoms with E-state index >= 15 is 0 Å². The number of rotatable bonds is 4. The molecule has 0 radical (unpaired) electrons. The molecule has 0 amide bonds. The second kappa shape index (κ2) is 4.68. The molecule has 2 rings (SSSR count). The highest BCUT2D eigenvalue weighted by Gasteiger charge is 2.07. The molecular weight excluding hydrogens is 220 g/mol. The molecule has 0 aromatic carbocycles. The summed E-state index contributed by atoms with van der Waals surface area (Å²) in [4.78, 5) is 0. The summed E-state index contributed by atoms with van der Waals surface area (Å²) < 4.78 is 3.54. The number of aliphatic hydroxyl groups excluding tert-OH is 2. The summed E-state index contributed by atoms with van der Waals surface area (Å²) in [7, 11) is 0. The van der Waals surface area contributed by atoms with Crippen molar-refractivity contribution < 1.29 is 10.2 Å². The van der Waals surface area contributed by atoms with Gasteiger partial charge in [-0.05, 0) is 26.0 Å². The number of aryl methyl sites for hydroxylation is 2. The maximum atomic E-state index is 9.01. The van der Waals surface area contributed by atoms with Crippen LogP contribution in [0.25, 0.3) is 0 Å². The monoisotopic (exact) mass is 236 g/mol. The largest absolute Gasteiger partial charge is 0.390 e. The minimum Gasteiger partial charge on any atom is -0.390 e. The van der Waals surface area contributed by atoms with Gasteiger partial charge in [-0.15, -0.1) is 0 Å². The highest BCUT2D eigenvalue weighted by atomic mass is 16.3. The Morgan fingerprint density at radius 3 is 1.65 bits per heavy atom. The van der Waals surface area contributed by atoms with E-state index in [0.717, 1.165) is 11.4 Å². The van der Waals surface area contributed by atoms with Crippen molar-refractivity contribution in [3.8, 4) is 0 Å². The molecule has 2 aromatic heterocycles. The second-order valence-corrected chi connectivity index (χ2v) is 4.01. The Morgan fingerprint density at radius 1 is 0.941 bits per heavy atom. The molecule has 0 spiro atoms. The number of hydrogen-bond acceptors (Lipinski definition) is 4. The van der Waals surface area contributed by atoms with E-state index in [4.69, 9.17) is 10.2 Å². The van der Waals surface area contributed by atoms with Gasteiger partial charge in [-0.3, -0.25) is 0 Å². The second-order valence-electron chi connectivity index (χ2n) is 4.01. The Bertz CT molecular complexity index is 469. The highest BCUT2D eigenvalue weighted by Crippen LogP contribution is 2.07. The summed E-state index contributed by atoms with van der Waals surface area (Å²) in [5.41, 5.74) is 3.23. The molecule has 0 saturated carbocycles. The van der Waals surface area contributed by atoms with E-state index < -0.39 is 0 Å². The van der Waals surface area contributed by atoms with E-state index in [-0.39, 0.29) is 13.2 Å². The molecule has 0 atom stereocenters. The van der Waals surface area contributed by atoms with E-state index in [1.165, 1.54) is 0 Å². The first-order valence-electron chi connectivity index (χ1n) is 5.42. The molecule has 17 heavy (non-hydrogen) atoms. The Labute approximate surface area is 99.1 Å². The predicted molar refractivity (Wildman–Crippen MR) is 61.2 cm³/mol. The van der Waals surface area contributed by atoms with Crippen LogP contribution >= 0.6 is 0 Å². The van der Waals surface area contributed by atoms with Crippen LogP contribution in [0.1, 0.15) is 22.8 Å². The maximum Gasteiger partial charge on any atom is 0.133 e. The van der Waals surface area contributed by atoms with Crippen LogP contribution in [0.15, 0.2) is 12.1 Å². The van der Waals surface area contributed by atoms with Gasteiger partial charge < -0.3 is 10.2 Å². The van der Waals surface area contributed by atoms with Crippen molar-refractivity contribution in [1.29, 1.82) is 0 Å². The highest BCUT2D eigenvalue weighted by molar-refractivity contribution is 5.10. The SMILES string of the molecule is Cc1cc(CO)nn1Cn1nc(CO)cc1C. The third-order valence-corrected chi connectivity index (χ3v) is 2.66. The third kappa shape index (κ3) is 2.37. The van der Waals surface area contributed by atoms with Gasteiger partial charge in [0, 0.05) is 11.4 Å². The van der Waals surface area contributed by atoms with E-state index in [1.807, 2.05) is 26.0 Å². The summed E-state index contributed by atoms with van der Waals surface area (Å²) >= 11 is 0. The Morgan fingerprint density at radius 2 is 1.35 bits per heavy atom. The average Bonchev–Trinajstić information content (AvgIpc) is 2.84. The van der Waals surface area contributed by atoms with Crippen molar-refractivity contribution >= 4 is 0 Å². The lowest BCUT2D eigenvalue weighted by molar-refractivity contribution is 0.272. The molecule has 2 N–H and O–H groups in total. The van der Waals surface area contributed by atoms with Crippen molar-refractivity contribution in [3.05, 3.63) is 34.9 Å². The van der Waals surface area contributed by atoms with Crippen LogP contribution in [0, 0.1) is 13.8 Å². The fourth-order valence-corrected chi connectivity index (χ4v) is 1.72. The first-order valence-corrected chi connectivity index (χ1v) is 5.42. The lowest BCUT2D eigenvalue weighted by Crippen LogP contribution is -2.14. The third-order valence-electron chi connectivity index (χ3n) is 2.66. The van der Waals surface area contributed by atoms with Crippen LogP contribution in [0.5, 0.6) is 0 Å². The zero-order chi connectivity index (χ0) is 12.4. The summed E-state index contributed by atoms with van der Waals surface area (Å²) in [5.74, 6) is 0. The summed E-state index contributed by atoms with van der Waals surface area (Å²) in [6.45, 7) is 4.22. The Hall–Kier alpha value is -1.66. The van der Waals surface area contributed by atoms with Crippen molar-refractivity contribution in [3.63, 3.8) is 0 Å². The minimum atomic E-state index is -0.0617. The van der Waals surface area contributed by atoms with Gasteiger partial charge in [-0.1, -0.05) is 0 Å². The van der Waals surface area contributed by atoms with Crippen molar-refractivity contribution in [2.24, 2.45) is 0 Å². The topological polar surface area (TPSA) is 76.1 Å². The molecular formula is C11H16N4O2. The van der Waals surface area contributed by atoms with Gasteiger partial charge in [0.15, 0.2) is 0 Å². The van der Waals surface area contributed by atoms with Gasteiger partial charge in [0.25, 0.3) is 0 Å². The molecule has 2 heterocycles. The molecule has 0 aliphatic carbocycles.